The number of carbonyl (C=O) groups excluding carboxylic acids is 2. The highest BCUT2D eigenvalue weighted by atomic mass is 35.5. The molecule has 0 radical (unpaired) electrons. The third kappa shape index (κ3) is 10.6. The molecule has 1 aliphatic carbocycles. The highest BCUT2D eigenvalue weighted by molar-refractivity contribution is 7.89. The van der Waals surface area contributed by atoms with E-state index in [9.17, 15) is 18.0 Å². The van der Waals surface area contributed by atoms with E-state index in [4.69, 9.17) is 21.1 Å². The van der Waals surface area contributed by atoms with Crippen molar-refractivity contribution in [3.8, 4) is 0 Å². The van der Waals surface area contributed by atoms with E-state index in [1.807, 2.05) is 31.2 Å². The SMILES string of the molecule is CCS(=O)(=O)N1CC(C)NCC1CCC1CCCC1NC(=O)C(NCCCC(=O)OC)C(c1ccc(Cl)cc1)C1CCOC(C)(C)C1. The normalized spacial score (nSPS) is 28.0. The number of benzene rings is 1. The number of ether oxygens (including phenoxy) is 2. The molecule has 0 spiro atoms. The van der Waals surface area contributed by atoms with Gasteiger partial charge in [0.1, 0.15) is 0 Å². The number of methoxy groups -OCH3 is 1. The predicted octanol–water partition coefficient (Wildman–Crippen LogP) is 4.62. The van der Waals surface area contributed by atoms with Crippen molar-refractivity contribution in [1.29, 1.82) is 0 Å². The maximum atomic E-state index is 14.5. The third-order valence-electron chi connectivity index (χ3n) is 10.4. The highest BCUT2D eigenvalue weighted by Gasteiger charge is 2.42. The van der Waals surface area contributed by atoms with E-state index in [1.165, 1.54) is 7.11 Å². The molecule has 2 aliphatic heterocycles. The lowest BCUT2D eigenvalue weighted by Crippen LogP contribution is -2.57. The number of nitrogens with one attached hydrogen (secondary N) is 3. The molecule has 266 valence electrons. The minimum Gasteiger partial charge on any atom is -0.469 e. The molecule has 3 N–H and O–H groups in total. The molecule has 7 atom stereocenters. The Labute approximate surface area is 287 Å². The van der Waals surface area contributed by atoms with Crippen molar-refractivity contribution < 1.29 is 27.5 Å². The Morgan fingerprint density at radius 2 is 1.91 bits per heavy atom. The summed E-state index contributed by atoms with van der Waals surface area (Å²) in [6.07, 6.45) is 7.03. The zero-order valence-electron chi connectivity index (χ0n) is 28.9. The van der Waals surface area contributed by atoms with E-state index in [1.54, 1.807) is 11.2 Å². The summed E-state index contributed by atoms with van der Waals surface area (Å²) < 4.78 is 38.5. The largest absolute Gasteiger partial charge is 0.469 e. The van der Waals surface area contributed by atoms with Crippen molar-refractivity contribution >= 4 is 33.5 Å². The van der Waals surface area contributed by atoms with Gasteiger partial charge in [0.15, 0.2) is 0 Å². The van der Waals surface area contributed by atoms with Gasteiger partial charge in [0.05, 0.1) is 24.5 Å². The number of nitrogens with zero attached hydrogens (tertiary/aromatic N) is 1. The molecule has 1 aromatic rings. The number of halogens is 1. The predicted molar refractivity (Wildman–Crippen MR) is 186 cm³/mol. The van der Waals surface area contributed by atoms with Gasteiger partial charge >= 0.3 is 5.97 Å². The van der Waals surface area contributed by atoms with Gasteiger partial charge in [-0.05, 0) is 109 Å². The van der Waals surface area contributed by atoms with Gasteiger partial charge in [-0.2, -0.15) is 4.31 Å². The van der Waals surface area contributed by atoms with Crippen LogP contribution in [-0.2, 0) is 29.1 Å². The van der Waals surface area contributed by atoms with Crippen molar-refractivity contribution in [2.75, 3.05) is 39.1 Å². The van der Waals surface area contributed by atoms with Gasteiger partial charge in [-0.1, -0.05) is 30.2 Å². The highest BCUT2D eigenvalue weighted by Crippen LogP contribution is 2.41. The minimum absolute atomic E-state index is 0.0190. The number of sulfonamides is 1. The van der Waals surface area contributed by atoms with Crippen molar-refractivity contribution in [3.63, 3.8) is 0 Å². The van der Waals surface area contributed by atoms with Gasteiger partial charge in [-0.15, -0.1) is 0 Å². The van der Waals surface area contributed by atoms with Crippen LogP contribution in [0.4, 0.5) is 0 Å². The summed E-state index contributed by atoms with van der Waals surface area (Å²) in [5.41, 5.74) is 0.748. The Morgan fingerprint density at radius 1 is 1.17 bits per heavy atom. The monoisotopic (exact) mass is 696 g/mol. The first-order valence-corrected chi connectivity index (χ1v) is 19.5. The van der Waals surface area contributed by atoms with Gasteiger partial charge in [0.25, 0.3) is 0 Å². The van der Waals surface area contributed by atoms with Gasteiger partial charge in [0, 0.05) is 55.2 Å². The zero-order valence-corrected chi connectivity index (χ0v) is 30.5. The summed E-state index contributed by atoms with van der Waals surface area (Å²) >= 11 is 6.30. The fraction of sp³-hybridized carbons (Fsp3) is 0.771. The molecule has 7 unspecified atom stereocenters. The van der Waals surface area contributed by atoms with Crippen LogP contribution in [0.2, 0.25) is 5.02 Å². The molecular formula is C35H57ClN4O6S. The number of rotatable bonds is 15. The van der Waals surface area contributed by atoms with Crippen molar-refractivity contribution in [3.05, 3.63) is 34.9 Å². The summed E-state index contributed by atoms with van der Waals surface area (Å²) in [6.45, 7) is 10.2. The van der Waals surface area contributed by atoms with E-state index in [-0.39, 0.29) is 65.5 Å². The quantitative estimate of drug-likeness (QED) is 0.179. The van der Waals surface area contributed by atoms with Crippen LogP contribution in [0.25, 0.3) is 0 Å². The lowest BCUT2D eigenvalue weighted by molar-refractivity contribution is -0.140. The van der Waals surface area contributed by atoms with E-state index in [0.717, 1.165) is 50.5 Å². The second-order valence-corrected chi connectivity index (χ2v) is 17.0. The molecule has 1 saturated carbocycles. The van der Waals surface area contributed by atoms with E-state index < -0.39 is 16.1 Å². The maximum Gasteiger partial charge on any atom is 0.305 e. The van der Waals surface area contributed by atoms with Crippen LogP contribution in [0.5, 0.6) is 0 Å². The molecule has 3 aliphatic rings. The molecule has 12 heteroatoms. The standard InChI is InChI=1S/C35H57ClN4O6S/c1-6-47(43,44)40-23-24(2)38-22-29(40)17-14-25-9-7-10-30(25)39-34(42)33(37-19-8-11-31(41)45-5)32(26-12-15-28(36)16-13-26)27-18-20-46-35(3,4)21-27/h12-13,15-16,24-25,27,29-30,32-33,37-38H,6-11,14,17-23H2,1-5H3,(H,39,42). The number of esters is 1. The average Bonchev–Trinajstić information content (AvgIpc) is 3.48. The van der Waals surface area contributed by atoms with Crippen LogP contribution in [0.1, 0.15) is 97.0 Å². The van der Waals surface area contributed by atoms with E-state index in [2.05, 4.69) is 29.8 Å². The summed E-state index contributed by atoms with van der Waals surface area (Å²) in [7, 11) is -1.91. The lowest BCUT2D eigenvalue weighted by Gasteiger charge is -2.42. The second kappa shape index (κ2) is 17.3. The van der Waals surface area contributed by atoms with E-state index >= 15 is 0 Å². The smallest absolute Gasteiger partial charge is 0.305 e. The maximum absolute atomic E-state index is 14.5. The molecule has 1 aromatic carbocycles. The van der Waals surface area contributed by atoms with Crippen molar-refractivity contribution in [2.24, 2.45) is 11.8 Å². The average molecular weight is 697 g/mol. The molecule has 0 aromatic heterocycles. The van der Waals surface area contributed by atoms with Crippen LogP contribution in [0.3, 0.4) is 0 Å². The lowest BCUT2D eigenvalue weighted by atomic mass is 9.73. The topological polar surface area (TPSA) is 126 Å². The summed E-state index contributed by atoms with van der Waals surface area (Å²) in [4.78, 5) is 26.3. The van der Waals surface area contributed by atoms with Crippen LogP contribution in [0, 0.1) is 11.8 Å². The van der Waals surface area contributed by atoms with Crippen LogP contribution in [-0.4, -0.2) is 93.5 Å². The molecular weight excluding hydrogens is 640 g/mol. The summed E-state index contributed by atoms with van der Waals surface area (Å²) in [5.74, 6) is 0.140. The number of amides is 1. The summed E-state index contributed by atoms with van der Waals surface area (Å²) in [6, 6.07) is 7.36. The fourth-order valence-corrected chi connectivity index (χ4v) is 9.45. The first-order chi connectivity index (χ1) is 22.3. The zero-order chi connectivity index (χ0) is 34.2. The third-order valence-corrected chi connectivity index (χ3v) is 12.6. The van der Waals surface area contributed by atoms with E-state index in [0.29, 0.717) is 37.7 Å². The van der Waals surface area contributed by atoms with Crippen LogP contribution < -0.4 is 16.0 Å². The van der Waals surface area contributed by atoms with Gasteiger partial charge < -0.3 is 25.4 Å². The number of piperazine rings is 1. The number of hydrogen-bond acceptors (Lipinski definition) is 8. The van der Waals surface area contributed by atoms with Crippen molar-refractivity contribution in [1.82, 2.24) is 20.3 Å². The molecule has 10 nitrogen and oxygen atoms in total. The molecule has 47 heavy (non-hydrogen) atoms. The Balaban J connectivity index is 1.52. The molecule has 0 bridgehead atoms. The molecule has 1 amide bonds. The second-order valence-electron chi connectivity index (χ2n) is 14.4. The van der Waals surface area contributed by atoms with Crippen molar-refractivity contribution in [2.45, 2.75) is 121 Å². The molecule has 4 rings (SSSR count). The van der Waals surface area contributed by atoms with Gasteiger partial charge in [-0.25, -0.2) is 8.42 Å². The van der Waals surface area contributed by atoms with Gasteiger partial charge in [-0.3, -0.25) is 9.59 Å². The fourth-order valence-electron chi connectivity index (χ4n) is 7.91. The summed E-state index contributed by atoms with van der Waals surface area (Å²) in [5, 5.41) is 11.1. The number of hydrogen-bond donors (Lipinski definition) is 3. The first kappa shape index (κ1) is 38.0. The molecule has 2 saturated heterocycles. The Bertz CT molecular complexity index is 1280. The Hall–Kier alpha value is -1.76. The Morgan fingerprint density at radius 3 is 2.60 bits per heavy atom. The first-order valence-electron chi connectivity index (χ1n) is 17.6. The number of carbonyl (C=O) groups is 2. The Kier molecular flexibility index (Phi) is 14.0. The van der Waals surface area contributed by atoms with Crippen LogP contribution >= 0.6 is 11.6 Å². The minimum atomic E-state index is -3.30. The van der Waals surface area contributed by atoms with Crippen LogP contribution in [0.15, 0.2) is 24.3 Å². The van der Waals surface area contributed by atoms with Gasteiger partial charge in [0.2, 0.25) is 15.9 Å². The molecule has 3 fully saturated rings. The molecule has 2 heterocycles.